The molecule has 0 heterocycles. The smallest absolute Gasteiger partial charge is 0.244 e. The van der Waals surface area contributed by atoms with Gasteiger partial charge in [-0.15, -0.1) is 0 Å². The molecule has 39 heavy (non-hydrogen) atoms. The molecule has 8 heteroatoms. The van der Waals surface area contributed by atoms with Crippen LogP contribution in [0.5, 0.6) is 0 Å². The summed E-state index contributed by atoms with van der Waals surface area (Å²) in [6.45, 7) is 1.59. The maximum absolute atomic E-state index is 14.1. The van der Waals surface area contributed by atoms with Crippen LogP contribution in [-0.2, 0) is 32.6 Å². The largest absolute Gasteiger partial charge is 0.352 e. The maximum Gasteiger partial charge on any atom is 0.244 e. The summed E-state index contributed by atoms with van der Waals surface area (Å²) in [6.07, 6.45) is 5.41. The molecule has 0 bridgehead atoms. The summed E-state index contributed by atoms with van der Waals surface area (Å²) in [6, 6.07) is 25.5. The van der Waals surface area contributed by atoms with Crippen molar-refractivity contribution in [3.63, 3.8) is 0 Å². The second-order valence-corrected chi connectivity index (χ2v) is 12.2. The van der Waals surface area contributed by atoms with Gasteiger partial charge in [-0.05, 0) is 42.5 Å². The van der Waals surface area contributed by atoms with E-state index in [2.05, 4.69) is 5.32 Å². The van der Waals surface area contributed by atoms with Gasteiger partial charge in [0.2, 0.25) is 21.8 Å². The van der Waals surface area contributed by atoms with E-state index in [0.717, 1.165) is 52.9 Å². The van der Waals surface area contributed by atoms with Crippen molar-refractivity contribution in [3.8, 4) is 0 Å². The average molecular weight is 548 g/mol. The predicted octanol–water partition coefficient (Wildman–Crippen LogP) is 4.46. The van der Waals surface area contributed by atoms with Crippen molar-refractivity contribution in [2.75, 3.05) is 17.1 Å². The molecular formula is C31H37N3O4S. The van der Waals surface area contributed by atoms with Crippen molar-refractivity contribution in [1.29, 1.82) is 0 Å². The highest BCUT2D eigenvalue weighted by atomic mass is 32.2. The Balaban J connectivity index is 1.71. The van der Waals surface area contributed by atoms with Gasteiger partial charge in [-0.25, -0.2) is 8.42 Å². The van der Waals surface area contributed by atoms with Crippen LogP contribution < -0.4 is 9.62 Å². The Bertz CT molecular complexity index is 1360. The summed E-state index contributed by atoms with van der Waals surface area (Å²) < 4.78 is 26.9. The highest BCUT2D eigenvalue weighted by molar-refractivity contribution is 7.92. The molecule has 3 aromatic carbocycles. The Kier molecular flexibility index (Phi) is 9.41. The first-order valence-electron chi connectivity index (χ1n) is 13.4. The van der Waals surface area contributed by atoms with Gasteiger partial charge in [0.1, 0.15) is 12.6 Å². The molecule has 7 nitrogen and oxygen atoms in total. The van der Waals surface area contributed by atoms with Crippen LogP contribution in [0.4, 0.5) is 5.69 Å². The van der Waals surface area contributed by atoms with Gasteiger partial charge in [-0.1, -0.05) is 91.7 Å². The third-order valence-corrected chi connectivity index (χ3v) is 8.36. The number of hydrogen-bond donors (Lipinski definition) is 1. The van der Waals surface area contributed by atoms with E-state index in [1.165, 1.54) is 0 Å². The lowest BCUT2D eigenvalue weighted by Gasteiger charge is -2.34. The SMILES string of the molecule is Cc1ccccc1N(CC(=O)N(Cc1ccccc1)C(Cc1ccccc1)C(=O)NC1CCCC1)S(C)(=O)=O. The molecule has 4 rings (SSSR count). The molecule has 2 amide bonds. The first-order chi connectivity index (χ1) is 18.7. The van der Waals surface area contributed by atoms with Gasteiger partial charge in [-0.2, -0.15) is 0 Å². The number of sulfonamides is 1. The fraction of sp³-hybridized carbons (Fsp3) is 0.355. The molecule has 0 spiro atoms. The second-order valence-electron chi connectivity index (χ2n) is 10.3. The third kappa shape index (κ3) is 7.69. The van der Waals surface area contributed by atoms with E-state index in [1.807, 2.05) is 79.7 Å². The van der Waals surface area contributed by atoms with E-state index in [1.54, 1.807) is 17.0 Å². The van der Waals surface area contributed by atoms with Gasteiger partial charge in [0, 0.05) is 19.0 Å². The molecule has 0 saturated heterocycles. The van der Waals surface area contributed by atoms with Gasteiger partial charge < -0.3 is 10.2 Å². The molecule has 206 valence electrons. The lowest BCUT2D eigenvalue weighted by Crippen LogP contribution is -2.54. The summed E-state index contributed by atoms with van der Waals surface area (Å²) in [5, 5.41) is 3.18. The molecule has 1 atom stereocenters. The van der Waals surface area contributed by atoms with Gasteiger partial charge in [-0.3, -0.25) is 13.9 Å². The summed E-state index contributed by atoms with van der Waals surface area (Å²) in [7, 11) is -3.78. The minimum atomic E-state index is -3.78. The fourth-order valence-corrected chi connectivity index (χ4v) is 6.05. The summed E-state index contributed by atoms with van der Waals surface area (Å²) in [5.74, 6) is -0.646. The maximum atomic E-state index is 14.1. The van der Waals surface area contributed by atoms with Crippen molar-refractivity contribution in [2.24, 2.45) is 0 Å². The van der Waals surface area contributed by atoms with Crippen LogP contribution in [0.2, 0.25) is 0 Å². The van der Waals surface area contributed by atoms with Crippen molar-refractivity contribution in [1.82, 2.24) is 10.2 Å². The topological polar surface area (TPSA) is 86.8 Å². The number of carbonyl (C=O) groups excluding carboxylic acids is 2. The number of nitrogens with zero attached hydrogens (tertiary/aromatic N) is 2. The average Bonchev–Trinajstić information content (AvgIpc) is 3.43. The molecule has 1 fully saturated rings. The number of aryl methyl sites for hydroxylation is 1. The molecule has 1 saturated carbocycles. The first-order valence-corrected chi connectivity index (χ1v) is 15.3. The second kappa shape index (κ2) is 12.9. The summed E-state index contributed by atoms with van der Waals surface area (Å²) in [4.78, 5) is 29.5. The predicted molar refractivity (Wildman–Crippen MR) is 155 cm³/mol. The van der Waals surface area contributed by atoms with Crippen LogP contribution in [0.15, 0.2) is 84.9 Å². The Morgan fingerprint density at radius 3 is 2.03 bits per heavy atom. The quantitative estimate of drug-likeness (QED) is 0.384. The van der Waals surface area contributed by atoms with E-state index >= 15 is 0 Å². The lowest BCUT2D eigenvalue weighted by atomic mass is 10.0. The highest BCUT2D eigenvalue weighted by Crippen LogP contribution is 2.24. The zero-order valence-electron chi connectivity index (χ0n) is 22.6. The molecule has 1 aliphatic carbocycles. The molecular weight excluding hydrogens is 510 g/mol. The lowest BCUT2D eigenvalue weighted by molar-refractivity contribution is -0.140. The zero-order chi connectivity index (χ0) is 27.8. The number of nitrogens with one attached hydrogen (secondary N) is 1. The molecule has 3 aromatic rings. The zero-order valence-corrected chi connectivity index (χ0v) is 23.4. The minimum absolute atomic E-state index is 0.0870. The number of amides is 2. The Morgan fingerprint density at radius 1 is 0.872 bits per heavy atom. The molecule has 0 radical (unpaired) electrons. The molecule has 1 aliphatic rings. The standard InChI is InChI=1S/C31H37N3O4S/c1-24-13-9-12-20-28(24)34(39(2,37)38)23-30(35)33(22-26-16-7-4-8-17-26)29(21-25-14-5-3-6-15-25)31(36)32-27-18-10-11-19-27/h3-9,12-17,20,27,29H,10-11,18-19,21-23H2,1-2H3,(H,32,36). The van der Waals surface area contributed by atoms with E-state index in [4.69, 9.17) is 0 Å². The molecule has 0 aromatic heterocycles. The van der Waals surface area contributed by atoms with Crippen molar-refractivity contribution in [3.05, 3.63) is 102 Å². The fourth-order valence-electron chi connectivity index (χ4n) is 5.14. The number of benzene rings is 3. The first kappa shape index (κ1) is 28.4. The number of rotatable bonds is 11. The van der Waals surface area contributed by atoms with Crippen LogP contribution >= 0.6 is 0 Å². The Labute approximate surface area is 231 Å². The van der Waals surface area contributed by atoms with Crippen LogP contribution in [0.3, 0.4) is 0 Å². The van der Waals surface area contributed by atoms with Crippen LogP contribution in [0.1, 0.15) is 42.4 Å². The minimum Gasteiger partial charge on any atom is -0.352 e. The van der Waals surface area contributed by atoms with Gasteiger partial charge in [0.15, 0.2) is 0 Å². The van der Waals surface area contributed by atoms with E-state index in [-0.39, 0.29) is 18.5 Å². The number of carbonyl (C=O) groups is 2. The molecule has 1 N–H and O–H groups in total. The van der Waals surface area contributed by atoms with Crippen molar-refractivity contribution >= 4 is 27.5 Å². The number of anilines is 1. The summed E-state index contributed by atoms with van der Waals surface area (Å²) >= 11 is 0. The van der Waals surface area contributed by atoms with E-state index in [9.17, 15) is 18.0 Å². The Hall–Kier alpha value is -3.65. The van der Waals surface area contributed by atoms with Gasteiger partial charge in [0.25, 0.3) is 0 Å². The van der Waals surface area contributed by atoms with Crippen molar-refractivity contribution in [2.45, 2.75) is 57.7 Å². The monoisotopic (exact) mass is 547 g/mol. The molecule has 1 unspecified atom stereocenters. The van der Waals surface area contributed by atoms with E-state index < -0.39 is 28.5 Å². The molecule has 0 aliphatic heterocycles. The van der Waals surface area contributed by atoms with Gasteiger partial charge >= 0.3 is 0 Å². The normalized spacial score (nSPS) is 14.5. The van der Waals surface area contributed by atoms with Crippen LogP contribution in [0.25, 0.3) is 0 Å². The number of hydrogen-bond acceptors (Lipinski definition) is 4. The van der Waals surface area contributed by atoms with Crippen LogP contribution in [0, 0.1) is 6.92 Å². The van der Waals surface area contributed by atoms with E-state index in [0.29, 0.717) is 12.1 Å². The summed E-state index contributed by atoms with van der Waals surface area (Å²) in [5.41, 5.74) is 2.97. The van der Waals surface area contributed by atoms with Gasteiger partial charge in [0.05, 0.1) is 11.9 Å². The highest BCUT2D eigenvalue weighted by Gasteiger charge is 2.34. The number of para-hydroxylation sites is 1. The third-order valence-electron chi connectivity index (χ3n) is 7.23. The van der Waals surface area contributed by atoms with Crippen molar-refractivity contribution < 1.29 is 18.0 Å². The van der Waals surface area contributed by atoms with Crippen LogP contribution in [-0.4, -0.2) is 50.0 Å². The Morgan fingerprint density at radius 2 is 1.44 bits per heavy atom.